The fraction of sp³-hybridized carbons (Fsp3) is 0.273. The van der Waals surface area contributed by atoms with Crippen LogP contribution in [0.3, 0.4) is 0 Å². The molecule has 1 saturated heterocycles. The summed E-state index contributed by atoms with van der Waals surface area (Å²) >= 11 is 5.65. The highest BCUT2D eigenvalue weighted by Crippen LogP contribution is 2.41. The van der Waals surface area contributed by atoms with Crippen LogP contribution in [-0.4, -0.2) is 26.1 Å². The fourth-order valence-electron chi connectivity index (χ4n) is 4.15. The van der Waals surface area contributed by atoms with Crippen molar-refractivity contribution in [2.75, 3.05) is 6.54 Å². The molecule has 0 aliphatic carbocycles. The molecule has 3 heterocycles. The van der Waals surface area contributed by atoms with Crippen LogP contribution in [-0.2, 0) is 0 Å². The Bertz CT molecular complexity index is 949. The molecule has 4 nitrogen and oxygen atoms in total. The zero-order valence-corrected chi connectivity index (χ0v) is 16.7. The maximum atomic E-state index is 5.65. The van der Waals surface area contributed by atoms with Crippen LogP contribution in [0.15, 0.2) is 60.8 Å². The van der Waals surface area contributed by atoms with Crippen LogP contribution in [0.4, 0.5) is 0 Å². The van der Waals surface area contributed by atoms with E-state index in [2.05, 4.69) is 76.9 Å². The zero-order chi connectivity index (χ0) is 19.0. The molecule has 4 rings (SSSR count). The van der Waals surface area contributed by atoms with Crippen molar-refractivity contribution in [2.24, 2.45) is 0 Å². The summed E-state index contributed by atoms with van der Waals surface area (Å²) in [6, 6.07) is 19.0. The van der Waals surface area contributed by atoms with Crippen LogP contribution in [0, 0.1) is 13.8 Å². The summed E-state index contributed by atoms with van der Waals surface area (Å²) in [6.07, 6.45) is 1.85. The number of aromatic nitrogens is 2. The number of rotatable bonds is 4. The minimum atomic E-state index is 0.0448. The SMILES string of the molecule is CCN1C(=S)N[C@H](c2ccccn2)[C@@H]1c1cc(C)n(-c2ccccc2)c1C. The smallest absolute Gasteiger partial charge is 0.170 e. The van der Waals surface area contributed by atoms with Crippen molar-refractivity contribution >= 4 is 17.3 Å². The number of benzene rings is 1. The Morgan fingerprint density at radius 3 is 2.48 bits per heavy atom. The van der Waals surface area contributed by atoms with E-state index < -0.39 is 0 Å². The molecule has 27 heavy (non-hydrogen) atoms. The molecule has 1 N–H and O–H groups in total. The molecule has 1 fully saturated rings. The van der Waals surface area contributed by atoms with Gasteiger partial charge >= 0.3 is 0 Å². The van der Waals surface area contributed by atoms with Gasteiger partial charge in [-0.25, -0.2) is 0 Å². The molecule has 2 atom stereocenters. The Morgan fingerprint density at radius 1 is 1.07 bits per heavy atom. The summed E-state index contributed by atoms with van der Waals surface area (Å²) in [7, 11) is 0. The van der Waals surface area contributed by atoms with Crippen molar-refractivity contribution < 1.29 is 0 Å². The van der Waals surface area contributed by atoms with Gasteiger partial charge in [-0.15, -0.1) is 0 Å². The van der Waals surface area contributed by atoms with Crippen molar-refractivity contribution in [3.05, 3.63) is 83.4 Å². The number of para-hydroxylation sites is 1. The molecule has 0 radical (unpaired) electrons. The van der Waals surface area contributed by atoms with Gasteiger partial charge in [0.25, 0.3) is 0 Å². The number of likely N-dealkylation sites (N-methyl/N-ethyl adjacent to an activating group) is 1. The summed E-state index contributed by atoms with van der Waals surface area (Å²) in [5.41, 5.74) is 5.97. The molecule has 1 aliphatic rings. The van der Waals surface area contributed by atoms with Crippen molar-refractivity contribution in [3.63, 3.8) is 0 Å². The van der Waals surface area contributed by atoms with E-state index in [4.69, 9.17) is 12.2 Å². The molecule has 2 aromatic heterocycles. The van der Waals surface area contributed by atoms with Gasteiger partial charge in [-0.05, 0) is 68.9 Å². The number of hydrogen-bond acceptors (Lipinski definition) is 2. The Balaban J connectivity index is 1.84. The van der Waals surface area contributed by atoms with Crippen LogP contribution >= 0.6 is 12.2 Å². The quantitative estimate of drug-likeness (QED) is 0.681. The van der Waals surface area contributed by atoms with Gasteiger partial charge in [-0.2, -0.15) is 0 Å². The number of pyridine rings is 1. The normalized spacial score (nSPS) is 19.4. The van der Waals surface area contributed by atoms with Crippen LogP contribution in [0.1, 0.15) is 41.7 Å². The van der Waals surface area contributed by atoms with E-state index in [0.29, 0.717) is 0 Å². The first-order valence-corrected chi connectivity index (χ1v) is 9.75. The number of aryl methyl sites for hydroxylation is 1. The molecule has 5 heteroatoms. The highest BCUT2D eigenvalue weighted by molar-refractivity contribution is 7.80. The van der Waals surface area contributed by atoms with Crippen molar-refractivity contribution in [1.29, 1.82) is 0 Å². The Labute approximate surface area is 165 Å². The maximum Gasteiger partial charge on any atom is 0.170 e. The average molecular weight is 377 g/mol. The van der Waals surface area contributed by atoms with Gasteiger partial charge in [0.15, 0.2) is 5.11 Å². The predicted molar refractivity (Wildman–Crippen MR) is 113 cm³/mol. The molecule has 1 aliphatic heterocycles. The van der Waals surface area contributed by atoms with Gasteiger partial charge in [-0.3, -0.25) is 4.98 Å². The first kappa shape index (κ1) is 17.7. The van der Waals surface area contributed by atoms with E-state index in [1.165, 1.54) is 22.6 Å². The lowest BCUT2D eigenvalue weighted by Crippen LogP contribution is -2.29. The second-order valence-corrected chi connectivity index (χ2v) is 7.30. The van der Waals surface area contributed by atoms with Gasteiger partial charge in [0.2, 0.25) is 0 Å². The largest absolute Gasteiger partial charge is 0.352 e. The second kappa shape index (κ2) is 7.16. The third-order valence-electron chi connectivity index (χ3n) is 5.34. The van der Waals surface area contributed by atoms with E-state index in [1.807, 2.05) is 24.4 Å². The monoisotopic (exact) mass is 376 g/mol. The van der Waals surface area contributed by atoms with Crippen LogP contribution in [0.2, 0.25) is 0 Å². The predicted octanol–water partition coefficient (Wildman–Crippen LogP) is 4.48. The first-order chi connectivity index (χ1) is 13.1. The molecule has 138 valence electrons. The molecule has 0 spiro atoms. The van der Waals surface area contributed by atoms with Crippen LogP contribution in [0.5, 0.6) is 0 Å². The van der Waals surface area contributed by atoms with Gasteiger partial charge in [0.05, 0.1) is 17.8 Å². The van der Waals surface area contributed by atoms with Crippen molar-refractivity contribution in [3.8, 4) is 5.69 Å². The first-order valence-electron chi connectivity index (χ1n) is 9.34. The highest BCUT2D eigenvalue weighted by Gasteiger charge is 2.40. The van der Waals surface area contributed by atoms with Crippen molar-refractivity contribution in [2.45, 2.75) is 32.9 Å². The van der Waals surface area contributed by atoms with E-state index in [0.717, 1.165) is 17.4 Å². The molecule has 0 bridgehead atoms. The molecular weight excluding hydrogens is 352 g/mol. The van der Waals surface area contributed by atoms with Gasteiger partial charge in [-0.1, -0.05) is 24.3 Å². The summed E-state index contributed by atoms with van der Waals surface area (Å²) < 4.78 is 2.32. The van der Waals surface area contributed by atoms with Gasteiger partial charge in [0, 0.05) is 29.8 Å². The van der Waals surface area contributed by atoms with E-state index in [-0.39, 0.29) is 12.1 Å². The van der Waals surface area contributed by atoms with Crippen LogP contribution < -0.4 is 5.32 Å². The van der Waals surface area contributed by atoms with Gasteiger partial charge in [0.1, 0.15) is 0 Å². The molecule has 1 aromatic carbocycles. The minimum Gasteiger partial charge on any atom is -0.352 e. The molecule has 0 amide bonds. The Hall–Kier alpha value is -2.66. The summed E-state index contributed by atoms with van der Waals surface area (Å²) in [5.74, 6) is 0. The Kier molecular flexibility index (Phi) is 4.70. The minimum absolute atomic E-state index is 0.0448. The highest BCUT2D eigenvalue weighted by atomic mass is 32.1. The summed E-state index contributed by atoms with van der Waals surface area (Å²) in [4.78, 5) is 6.87. The molecule has 0 saturated carbocycles. The number of thiocarbonyl (C=S) groups is 1. The van der Waals surface area contributed by atoms with E-state index in [1.54, 1.807) is 0 Å². The topological polar surface area (TPSA) is 33.1 Å². The molecule has 0 unspecified atom stereocenters. The second-order valence-electron chi connectivity index (χ2n) is 6.91. The Morgan fingerprint density at radius 2 is 1.81 bits per heavy atom. The molecular formula is C22H24N4S. The lowest BCUT2D eigenvalue weighted by atomic mass is 9.97. The summed E-state index contributed by atoms with van der Waals surface area (Å²) in [6.45, 7) is 7.36. The average Bonchev–Trinajstić information content (AvgIpc) is 3.18. The third-order valence-corrected chi connectivity index (χ3v) is 5.69. The third kappa shape index (κ3) is 3.02. The van der Waals surface area contributed by atoms with E-state index in [9.17, 15) is 0 Å². The maximum absolute atomic E-state index is 5.65. The fourth-order valence-corrected chi connectivity index (χ4v) is 4.52. The number of nitrogens with zero attached hydrogens (tertiary/aromatic N) is 3. The lowest BCUT2D eigenvalue weighted by molar-refractivity contribution is 0.329. The number of hydrogen-bond donors (Lipinski definition) is 1. The molecule has 3 aromatic rings. The standard InChI is InChI=1S/C22H24N4S/c1-4-25-21(20(24-22(25)27)19-12-8-9-13-23-19)18-14-15(2)26(16(18)3)17-10-6-5-7-11-17/h5-14,20-21H,4H2,1-3H3,(H,24,27)/t20-,21+/m1/s1. The van der Waals surface area contributed by atoms with Gasteiger partial charge < -0.3 is 14.8 Å². The number of nitrogens with one attached hydrogen (secondary N) is 1. The van der Waals surface area contributed by atoms with E-state index >= 15 is 0 Å². The lowest BCUT2D eigenvalue weighted by Gasteiger charge is -2.27. The van der Waals surface area contributed by atoms with Crippen LogP contribution in [0.25, 0.3) is 5.69 Å². The van der Waals surface area contributed by atoms with Crippen molar-refractivity contribution in [1.82, 2.24) is 19.8 Å². The zero-order valence-electron chi connectivity index (χ0n) is 15.9. The summed E-state index contributed by atoms with van der Waals surface area (Å²) in [5, 5.41) is 4.30.